The predicted octanol–water partition coefficient (Wildman–Crippen LogP) is 4.07. The van der Waals surface area contributed by atoms with Crippen LogP contribution in [-0.2, 0) is 4.74 Å². The minimum atomic E-state index is -0.437. The van der Waals surface area contributed by atoms with Crippen LogP contribution in [0.25, 0.3) is 0 Å². The Bertz CT molecular complexity index is 429. The molecule has 0 saturated carbocycles. The highest BCUT2D eigenvalue weighted by Gasteiger charge is 2.35. The summed E-state index contributed by atoms with van der Waals surface area (Å²) in [6, 6.07) is 3.17. The van der Waals surface area contributed by atoms with E-state index in [0.29, 0.717) is 18.7 Å². The van der Waals surface area contributed by atoms with Gasteiger partial charge in [-0.15, -0.1) is 0 Å². The number of hydrogen-bond acceptors (Lipinski definition) is 2. The zero-order chi connectivity index (χ0) is 15.3. The molecule has 0 aliphatic carbocycles. The van der Waals surface area contributed by atoms with Gasteiger partial charge in [0.1, 0.15) is 11.6 Å². The third-order valence-corrected chi connectivity index (χ3v) is 3.22. The van der Waals surface area contributed by atoms with Crippen molar-refractivity contribution < 1.29 is 13.5 Å². The Balaban J connectivity index is 3.23. The van der Waals surface area contributed by atoms with E-state index in [2.05, 4.69) is 5.32 Å². The average molecular weight is 285 g/mol. The van der Waals surface area contributed by atoms with Crippen molar-refractivity contribution >= 4 is 0 Å². The molecule has 2 unspecified atom stereocenters. The second kappa shape index (κ2) is 7.14. The molecule has 4 heteroatoms. The molecule has 0 bridgehead atoms. The highest BCUT2D eigenvalue weighted by Crippen LogP contribution is 2.34. The van der Waals surface area contributed by atoms with E-state index in [4.69, 9.17) is 4.74 Å². The third-order valence-electron chi connectivity index (χ3n) is 3.22. The van der Waals surface area contributed by atoms with Crippen LogP contribution in [0.3, 0.4) is 0 Å². The van der Waals surface area contributed by atoms with Crippen LogP contribution in [0.4, 0.5) is 8.78 Å². The molecule has 0 heterocycles. The molecular formula is C16H25F2NO. The molecule has 1 aromatic rings. The van der Waals surface area contributed by atoms with E-state index in [0.717, 1.165) is 6.07 Å². The van der Waals surface area contributed by atoms with Gasteiger partial charge in [0.05, 0.1) is 12.1 Å². The second-order valence-electron chi connectivity index (χ2n) is 5.94. The minimum Gasteiger partial charge on any atom is -0.376 e. The van der Waals surface area contributed by atoms with Crippen molar-refractivity contribution in [3.05, 3.63) is 35.4 Å². The molecule has 114 valence electrons. The Hall–Kier alpha value is -1.00. The van der Waals surface area contributed by atoms with Crippen molar-refractivity contribution in [2.24, 2.45) is 5.41 Å². The van der Waals surface area contributed by atoms with Gasteiger partial charge < -0.3 is 10.1 Å². The number of halogens is 2. The molecule has 1 aromatic carbocycles. The van der Waals surface area contributed by atoms with Crippen LogP contribution in [0.15, 0.2) is 18.2 Å². The summed E-state index contributed by atoms with van der Waals surface area (Å²) in [6.07, 6.45) is -0.247. The smallest absolute Gasteiger partial charge is 0.128 e. The Morgan fingerprint density at radius 2 is 1.85 bits per heavy atom. The van der Waals surface area contributed by atoms with Crippen molar-refractivity contribution in [2.75, 3.05) is 13.2 Å². The monoisotopic (exact) mass is 285 g/mol. The Morgan fingerprint density at radius 1 is 1.20 bits per heavy atom. The highest BCUT2D eigenvalue weighted by molar-refractivity contribution is 5.24. The first-order valence-corrected chi connectivity index (χ1v) is 7.11. The SMILES string of the molecule is CCNC(c1cc(F)ccc1F)C(OCC)C(C)(C)C. The number of hydrogen-bond donors (Lipinski definition) is 1. The molecule has 2 atom stereocenters. The van der Waals surface area contributed by atoms with Gasteiger partial charge in [-0.1, -0.05) is 27.7 Å². The largest absolute Gasteiger partial charge is 0.376 e. The number of ether oxygens (including phenoxy) is 1. The molecule has 0 radical (unpaired) electrons. The summed E-state index contributed by atoms with van der Waals surface area (Å²) in [5.74, 6) is -0.847. The molecule has 1 N–H and O–H groups in total. The summed E-state index contributed by atoms with van der Waals surface area (Å²) in [4.78, 5) is 0. The summed E-state index contributed by atoms with van der Waals surface area (Å²) < 4.78 is 33.3. The van der Waals surface area contributed by atoms with Gasteiger partial charge in [0.15, 0.2) is 0 Å². The fourth-order valence-corrected chi connectivity index (χ4v) is 2.38. The van der Waals surface area contributed by atoms with Crippen molar-refractivity contribution in [1.82, 2.24) is 5.32 Å². The topological polar surface area (TPSA) is 21.3 Å². The van der Waals surface area contributed by atoms with Crippen LogP contribution in [0.5, 0.6) is 0 Å². The lowest BCUT2D eigenvalue weighted by atomic mass is 9.81. The quantitative estimate of drug-likeness (QED) is 0.851. The van der Waals surface area contributed by atoms with Gasteiger partial charge in [-0.05, 0) is 37.1 Å². The van der Waals surface area contributed by atoms with E-state index in [1.54, 1.807) is 0 Å². The molecule has 0 saturated heterocycles. The highest BCUT2D eigenvalue weighted by atomic mass is 19.1. The van der Waals surface area contributed by atoms with Gasteiger partial charge in [0.25, 0.3) is 0 Å². The maximum absolute atomic E-state index is 14.1. The molecule has 0 aliphatic heterocycles. The first-order valence-electron chi connectivity index (χ1n) is 7.11. The standard InChI is InChI=1S/C16H25F2NO/c1-6-19-14(15(20-7-2)16(3,4)5)12-10-11(17)8-9-13(12)18/h8-10,14-15,19H,6-7H2,1-5H3. The van der Waals surface area contributed by atoms with Crippen molar-refractivity contribution in [3.63, 3.8) is 0 Å². The Labute approximate surface area is 120 Å². The first kappa shape index (κ1) is 17.1. The maximum Gasteiger partial charge on any atom is 0.128 e. The lowest BCUT2D eigenvalue weighted by molar-refractivity contribution is -0.0370. The van der Waals surface area contributed by atoms with Crippen LogP contribution in [-0.4, -0.2) is 19.3 Å². The fraction of sp³-hybridized carbons (Fsp3) is 0.625. The maximum atomic E-state index is 14.1. The van der Waals surface area contributed by atoms with Crippen molar-refractivity contribution in [2.45, 2.75) is 46.8 Å². The van der Waals surface area contributed by atoms with E-state index >= 15 is 0 Å². The number of likely N-dealkylation sites (N-methyl/N-ethyl adjacent to an activating group) is 1. The van der Waals surface area contributed by atoms with Gasteiger partial charge in [0.2, 0.25) is 0 Å². The second-order valence-corrected chi connectivity index (χ2v) is 5.94. The average Bonchev–Trinajstić information content (AvgIpc) is 2.35. The third kappa shape index (κ3) is 4.25. The Morgan fingerprint density at radius 3 is 2.35 bits per heavy atom. The molecule has 2 nitrogen and oxygen atoms in total. The normalized spacial score (nSPS) is 15.2. The molecule has 0 fully saturated rings. The van der Waals surface area contributed by atoms with E-state index in [1.807, 2.05) is 34.6 Å². The molecule has 20 heavy (non-hydrogen) atoms. The van der Waals surface area contributed by atoms with Crippen molar-refractivity contribution in [1.29, 1.82) is 0 Å². The van der Waals surface area contributed by atoms with E-state index in [-0.39, 0.29) is 17.6 Å². The van der Waals surface area contributed by atoms with E-state index < -0.39 is 11.6 Å². The van der Waals surface area contributed by atoms with Crippen LogP contribution < -0.4 is 5.32 Å². The molecular weight excluding hydrogens is 260 g/mol. The van der Waals surface area contributed by atoms with Gasteiger partial charge in [-0.25, -0.2) is 8.78 Å². The molecule has 0 aliphatic rings. The van der Waals surface area contributed by atoms with E-state index in [9.17, 15) is 8.78 Å². The molecule has 1 rings (SSSR count). The number of rotatable bonds is 6. The Kier molecular flexibility index (Phi) is 6.08. The lowest BCUT2D eigenvalue weighted by Crippen LogP contribution is -2.42. The molecule has 0 spiro atoms. The zero-order valence-corrected chi connectivity index (χ0v) is 13.0. The fourth-order valence-electron chi connectivity index (χ4n) is 2.38. The van der Waals surface area contributed by atoms with Crippen LogP contribution in [0, 0.1) is 17.0 Å². The van der Waals surface area contributed by atoms with Crippen LogP contribution in [0.2, 0.25) is 0 Å². The summed E-state index contributed by atoms with van der Waals surface area (Å²) in [5.41, 5.74) is 0.127. The number of nitrogens with one attached hydrogen (secondary N) is 1. The van der Waals surface area contributed by atoms with Gasteiger partial charge in [-0.2, -0.15) is 0 Å². The van der Waals surface area contributed by atoms with Crippen molar-refractivity contribution in [3.8, 4) is 0 Å². The van der Waals surface area contributed by atoms with Crippen LogP contribution >= 0.6 is 0 Å². The van der Waals surface area contributed by atoms with Gasteiger partial charge in [-0.3, -0.25) is 0 Å². The molecule has 0 amide bonds. The van der Waals surface area contributed by atoms with Gasteiger partial charge in [0, 0.05) is 12.2 Å². The summed E-state index contributed by atoms with van der Waals surface area (Å²) in [7, 11) is 0. The summed E-state index contributed by atoms with van der Waals surface area (Å²) in [5, 5.41) is 3.23. The number of benzene rings is 1. The molecule has 0 aromatic heterocycles. The zero-order valence-electron chi connectivity index (χ0n) is 13.0. The van der Waals surface area contributed by atoms with Crippen LogP contribution in [0.1, 0.15) is 46.2 Å². The van der Waals surface area contributed by atoms with Gasteiger partial charge >= 0.3 is 0 Å². The minimum absolute atomic E-state index is 0.193. The lowest BCUT2D eigenvalue weighted by Gasteiger charge is -2.37. The summed E-state index contributed by atoms with van der Waals surface area (Å²) in [6.45, 7) is 11.1. The summed E-state index contributed by atoms with van der Waals surface area (Å²) >= 11 is 0. The first-order chi connectivity index (χ1) is 9.31. The predicted molar refractivity (Wildman–Crippen MR) is 77.6 cm³/mol. The van der Waals surface area contributed by atoms with E-state index in [1.165, 1.54) is 12.1 Å².